The van der Waals surface area contributed by atoms with Gasteiger partial charge in [0.25, 0.3) is 5.69 Å². The number of benzene rings is 1. The monoisotopic (exact) mass is 369 g/mol. The zero-order chi connectivity index (χ0) is 15.8. The highest BCUT2D eigenvalue weighted by atomic mass is 35.5. The minimum Gasteiger partial charge on any atom is -0.312 e. The van der Waals surface area contributed by atoms with Gasteiger partial charge in [-0.25, -0.2) is 8.42 Å². The second kappa shape index (κ2) is 7.10. The van der Waals surface area contributed by atoms with E-state index < -0.39 is 14.9 Å². The van der Waals surface area contributed by atoms with Crippen molar-refractivity contribution in [2.75, 3.05) is 19.6 Å². The first-order chi connectivity index (χ1) is 9.73. The van der Waals surface area contributed by atoms with Crippen LogP contribution in [0.1, 0.15) is 12.5 Å². The topological polar surface area (TPSA) is 92.6 Å². The molecule has 1 aromatic rings. The summed E-state index contributed by atoms with van der Waals surface area (Å²) in [7, 11) is -3.79. The Morgan fingerprint density at radius 1 is 1.45 bits per heavy atom. The molecule has 10 heteroatoms. The predicted molar refractivity (Wildman–Crippen MR) is 86.3 cm³/mol. The van der Waals surface area contributed by atoms with E-state index in [0.29, 0.717) is 19.6 Å². The largest absolute Gasteiger partial charge is 0.312 e. The van der Waals surface area contributed by atoms with Crippen LogP contribution in [-0.4, -0.2) is 43.3 Å². The maximum atomic E-state index is 12.6. The fraction of sp³-hybridized carbons (Fsp3) is 0.500. The van der Waals surface area contributed by atoms with E-state index in [1.165, 1.54) is 17.3 Å². The number of hydrogen-bond donors (Lipinski definition) is 1. The van der Waals surface area contributed by atoms with Crippen molar-refractivity contribution in [1.29, 1.82) is 0 Å². The third-order valence-electron chi connectivity index (χ3n) is 3.46. The quantitative estimate of drug-likeness (QED) is 0.649. The van der Waals surface area contributed by atoms with Gasteiger partial charge in [0.15, 0.2) is 0 Å². The van der Waals surface area contributed by atoms with Gasteiger partial charge in [0.2, 0.25) is 10.0 Å². The lowest BCUT2D eigenvalue weighted by Gasteiger charge is -2.31. The molecule has 1 heterocycles. The Morgan fingerprint density at radius 3 is 2.64 bits per heavy atom. The predicted octanol–water partition coefficient (Wildman–Crippen LogP) is 1.96. The lowest BCUT2D eigenvalue weighted by molar-refractivity contribution is -0.385. The zero-order valence-corrected chi connectivity index (χ0v) is 14.5. The molecule has 1 atom stereocenters. The van der Waals surface area contributed by atoms with Gasteiger partial charge in [-0.1, -0.05) is 11.6 Å². The highest BCUT2D eigenvalue weighted by Gasteiger charge is 2.30. The molecule has 7 nitrogen and oxygen atoms in total. The summed E-state index contributed by atoms with van der Waals surface area (Å²) in [5, 5.41) is 14.2. The van der Waals surface area contributed by atoms with Gasteiger partial charge in [-0.3, -0.25) is 10.1 Å². The van der Waals surface area contributed by atoms with Crippen LogP contribution < -0.4 is 5.32 Å². The van der Waals surface area contributed by atoms with Crippen LogP contribution in [0.2, 0.25) is 5.02 Å². The molecule has 0 spiro atoms. The van der Waals surface area contributed by atoms with Crippen LogP contribution in [0.3, 0.4) is 0 Å². The zero-order valence-electron chi connectivity index (χ0n) is 12.1. The molecule has 1 aliphatic heterocycles. The Balaban J connectivity index is 0.00000242. The highest BCUT2D eigenvalue weighted by molar-refractivity contribution is 7.89. The second-order valence-corrected chi connectivity index (χ2v) is 7.37. The Kier molecular flexibility index (Phi) is 6.17. The molecule has 1 N–H and O–H groups in total. The number of halogens is 2. The number of piperazine rings is 1. The summed E-state index contributed by atoms with van der Waals surface area (Å²) in [6.07, 6.45) is 0. The van der Waals surface area contributed by atoms with Crippen LogP contribution in [0.5, 0.6) is 0 Å². The van der Waals surface area contributed by atoms with Crippen LogP contribution in [-0.2, 0) is 10.0 Å². The average Bonchev–Trinajstić information content (AvgIpc) is 2.41. The number of hydrogen-bond acceptors (Lipinski definition) is 5. The number of rotatable bonds is 3. The van der Waals surface area contributed by atoms with Gasteiger partial charge in [0, 0.05) is 37.3 Å². The van der Waals surface area contributed by atoms with Crippen LogP contribution in [0, 0.1) is 17.0 Å². The molecule has 0 bridgehead atoms. The van der Waals surface area contributed by atoms with Crippen molar-refractivity contribution in [2.24, 2.45) is 0 Å². The van der Waals surface area contributed by atoms with Crippen molar-refractivity contribution < 1.29 is 13.3 Å². The Labute approximate surface area is 140 Å². The third kappa shape index (κ3) is 3.69. The Hall–Kier alpha value is -0.930. The average molecular weight is 370 g/mol. The maximum Gasteiger partial charge on any atom is 0.275 e. The summed E-state index contributed by atoms with van der Waals surface area (Å²) in [5.41, 5.74) is -0.0291. The van der Waals surface area contributed by atoms with Crippen LogP contribution in [0.25, 0.3) is 0 Å². The summed E-state index contributed by atoms with van der Waals surface area (Å²) in [5.74, 6) is 0. The standard InChI is InChI=1S/C12H16ClN3O4S.ClH/c1-8-7-15(4-3-14-8)21(19,20)10-5-11(13)9(2)12(6-10)16(17)18;/h5-6,8,14H,3-4,7H2,1-2H3;1H/t8-;/m1./s1. The van der Waals surface area contributed by atoms with E-state index in [4.69, 9.17) is 11.6 Å². The van der Waals surface area contributed by atoms with Gasteiger partial charge in [-0.2, -0.15) is 4.31 Å². The Morgan fingerprint density at radius 2 is 2.09 bits per heavy atom. The molecule has 1 fully saturated rings. The number of nitro benzene ring substituents is 1. The highest BCUT2D eigenvalue weighted by Crippen LogP contribution is 2.31. The van der Waals surface area contributed by atoms with Gasteiger partial charge in [-0.15, -0.1) is 12.4 Å². The molecule has 1 aliphatic rings. The van der Waals surface area contributed by atoms with Gasteiger partial charge in [0.1, 0.15) is 0 Å². The van der Waals surface area contributed by atoms with Gasteiger partial charge in [0.05, 0.1) is 14.8 Å². The summed E-state index contributed by atoms with van der Waals surface area (Å²) in [4.78, 5) is 10.2. The normalized spacial score (nSPS) is 19.5. The van der Waals surface area contributed by atoms with E-state index in [0.717, 1.165) is 6.07 Å². The van der Waals surface area contributed by atoms with Gasteiger partial charge >= 0.3 is 0 Å². The molecule has 2 rings (SSSR count). The second-order valence-electron chi connectivity index (χ2n) is 5.02. The third-order valence-corrected chi connectivity index (χ3v) is 5.69. The first-order valence-corrected chi connectivity index (χ1v) is 8.23. The summed E-state index contributed by atoms with van der Waals surface area (Å²) >= 11 is 5.94. The first-order valence-electron chi connectivity index (χ1n) is 6.41. The lowest BCUT2D eigenvalue weighted by Crippen LogP contribution is -2.51. The molecular weight excluding hydrogens is 353 g/mol. The molecule has 0 aromatic heterocycles. The minimum absolute atomic E-state index is 0. The first kappa shape index (κ1) is 19.1. The van der Waals surface area contributed by atoms with Crippen molar-refractivity contribution in [3.8, 4) is 0 Å². The SMILES string of the molecule is Cc1c(Cl)cc(S(=O)(=O)N2CCN[C@H](C)C2)cc1[N+](=O)[O-].Cl. The fourth-order valence-corrected chi connectivity index (χ4v) is 4.10. The number of nitrogens with zero attached hydrogens (tertiary/aromatic N) is 2. The minimum atomic E-state index is -3.79. The molecule has 0 amide bonds. The van der Waals surface area contributed by atoms with Gasteiger partial charge in [-0.05, 0) is 19.9 Å². The number of sulfonamides is 1. The fourth-order valence-electron chi connectivity index (χ4n) is 2.24. The summed E-state index contributed by atoms with van der Waals surface area (Å²) < 4.78 is 26.5. The molecule has 0 radical (unpaired) electrons. The molecule has 22 heavy (non-hydrogen) atoms. The van der Waals surface area contributed by atoms with Crippen LogP contribution >= 0.6 is 24.0 Å². The van der Waals surface area contributed by atoms with E-state index >= 15 is 0 Å². The Bertz CT molecular complexity index is 681. The molecule has 0 saturated carbocycles. The maximum absolute atomic E-state index is 12.6. The van der Waals surface area contributed by atoms with E-state index in [1.54, 1.807) is 0 Å². The van der Waals surface area contributed by atoms with Crippen molar-refractivity contribution in [3.63, 3.8) is 0 Å². The van der Waals surface area contributed by atoms with Crippen molar-refractivity contribution in [2.45, 2.75) is 24.8 Å². The lowest BCUT2D eigenvalue weighted by atomic mass is 10.2. The number of nitro groups is 1. The molecule has 0 unspecified atom stereocenters. The van der Waals surface area contributed by atoms with Crippen molar-refractivity contribution >= 4 is 39.7 Å². The molecular formula is C12H17Cl2N3O4S. The molecule has 124 valence electrons. The van der Waals surface area contributed by atoms with E-state index in [9.17, 15) is 18.5 Å². The van der Waals surface area contributed by atoms with Crippen molar-refractivity contribution in [1.82, 2.24) is 9.62 Å². The van der Waals surface area contributed by atoms with Crippen LogP contribution in [0.15, 0.2) is 17.0 Å². The van der Waals surface area contributed by atoms with Gasteiger partial charge < -0.3 is 5.32 Å². The molecule has 1 aromatic carbocycles. The van der Waals surface area contributed by atoms with E-state index in [1.807, 2.05) is 6.92 Å². The van der Waals surface area contributed by atoms with E-state index in [2.05, 4.69) is 5.32 Å². The summed E-state index contributed by atoms with van der Waals surface area (Å²) in [6.45, 7) is 4.56. The number of nitrogens with one attached hydrogen (secondary N) is 1. The molecule has 1 saturated heterocycles. The smallest absolute Gasteiger partial charge is 0.275 e. The van der Waals surface area contributed by atoms with Crippen molar-refractivity contribution in [3.05, 3.63) is 32.8 Å². The summed E-state index contributed by atoms with van der Waals surface area (Å²) in [6, 6.07) is 2.37. The van der Waals surface area contributed by atoms with E-state index in [-0.39, 0.29) is 39.6 Å². The molecule has 0 aliphatic carbocycles. The van der Waals surface area contributed by atoms with Crippen LogP contribution in [0.4, 0.5) is 5.69 Å².